The highest BCUT2D eigenvalue weighted by molar-refractivity contribution is 7.22. The Balaban J connectivity index is 1.06. The zero-order valence-corrected chi connectivity index (χ0v) is 32.6. The fourth-order valence-corrected chi connectivity index (χ4v) is 8.83. The van der Waals surface area contributed by atoms with E-state index in [0.29, 0.717) is 47.6 Å². The molecule has 14 heteroatoms. The number of halogens is 1. The molecule has 270 valence electrons. The highest BCUT2D eigenvalue weighted by Crippen LogP contribution is 2.39. The van der Waals surface area contributed by atoms with E-state index >= 15 is 0 Å². The number of aryl methyl sites for hydroxylation is 2. The van der Waals surface area contributed by atoms with Crippen molar-refractivity contribution in [2.75, 3.05) is 30.0 Å². The number of fused-ring (bicyclic) bond motifs is 2. The summed E-state index contributed by atoms with van der Waals surface area (Å²) in [7, 11) is -1.80. The van der Waals surface area contributed by atoms with Gasteiger partial charge >= 0.3 is 5.97 Å². The summed E-state index contributed by atoms with van der Waals surface area (Å²) in [5, 5.41) is 23.9. The minimum atomic E-state index is -1.80. The average molecular weight is 749 g/mol. The lowest BCUT2D eigenvalue weighted by molar-refractivity contribution is 0.0690. The summed E-state index contributed by atoms with van der Waals surface area (Å²) in [5.74, 6) is 0.0487. The van der Waals surface area contributed by atoms with Crippen LogP contribution in [0.15, 0.2) is 42.5 Å². The smallest absolute Gasteiger partial charge is 0.355 e. The number of rotatable bonds is 14. The molecule has 1 aliphatic heterocycles. The molecule has 0 fully saturated rings. The number of anilines is 4. The summed E-state index contributed by atoms with van der Waals surface area (Å²) in [6, 6.07) is 13.1. The van der Waals surface area contributed by atoms with Crippen LogP contribution in [0.1, 0.15) is 72.1 Å². The van der Waals surface area contributed by atoms with E-state index in [0.717, 1.165) is 57.7 Å². The monoisotopic (exact) mass is 748 g/mol. The summed E-state index contributed by atoms with van der Waals surface area (Å²) >= 11 is 2.90. The highest BCUT2D eigenvalue weighted by atomic mass is 32.1. The maximum absolute atomic E-state index is 14.9. The second-order valence-electron chi connectivity index (χ2n) is 14.3. The molecule has 1 aliphatic rings. The van der Waals surface area contributed by atoms with Crippen LogP contribution in [0, 0.1) is 12.7 Å². The van der Waals surface area contributed by atoms with Crippen LogP contribution in [0.25, 0.3) is 10.2 Å². The first-order valence-corrected chi connectivity index (χ1v) is 21.9. The molecule has 0 amide bonds. The molecule has 10 nitrogen and oxygen atoms in total. The van der Waals surface area contributed by atoms with Crippen LogP contribution in [0.5, 0.6) is 5.75 Å². The van der Waals surface area contributed by atoms with Crippen molar-refractivity contribution in [1.82, 2.24) is 20.2 Å². The SMILES string of the molecule is Cc1c(Nc2nc3ccccc3s2)nnc2c1CCCN2c1nc(C(=O)O)c(CCCOc2ccc(CCCO[Si](C)(C)C(C)(C)C)cc2F)s1. The van der Waals surface area contributed by atoms with Crippen molar-refractivity contribution >= 4 is 69.1 Å². The minimum Gasteiger partial charge on any atom is -0.491 e. The van der Waals surface area contributed by atoms with Gasteiger partial charge in [-0.3, -0.25) is 0 Å². The van der Waals surface area contributed by atoms with Gasteiger partial charge in [0.15, 0.2) is 47.5 Å². The zero-order chi connectivity index (χ0) is 36.3. The van der Waals surface area contributed by atoms with Crippen LogP contribution in [0.3, 0.4) is 0 Å². The number of para-hydroxylation sites is 1. The third kappa shape index (κ3) is 8.40. The topological polar surface area (TPSA) is 123 Å². The Labute approximate surface area is 307 Å². The van der Waals surface area contributed by atoms with Crippen molar-refractivity contribution in [3.8, 4) is 5.75 Å². The van der Waals surface area contributed by atoms with Gasteiger partial charge in [0.1, 0.15) is 0 Å². The summed E-state index contributed by atoms with van der Waals surface area (Å²) in [6.45, 7) is 14.7. The quantitative estimate of drug-likeness (QED) is 0.0839. The number of nitrogens with one attached hydrogen (secondary N) is 1. The van der Waals surface area contributed by atoms with Crippen LogP contribution in [-0.4, -0.2) is 59.3 Å². The maximum Gasteiger partial charge on any atom is 0.355 e. The van der Waals surface area contributed by atoms with Gasteiger partial charge in [-0.15, -0.1) is 21.5 Å². The van der Waals surface area contributed by atoms with Crippen molar-refractivity contribution in [1.29, 1.82) is 0 Å². The molecular weight excluding hydrogens is 704 g/mol. The molecule has 2 N–H and O–H groups in total. The van der Waals surface area contributed by atoms with Gasteiger partial charge in [-0.1, -0.05) is 50.3 Å². The molecule has 0 unspecified atom stereocenters. The summed E-state index contributed by atoms with van der Waals surface area (Å²) in [6.07, 6.45) is 4.18. The van der Waals surface area contributed by atoms with Gasteiger partial charge in [0.25, 0.3) is 0 Å². The number of benzene rings is 2. The summed E-state index contributed by atoms with van der Waals surface area (Å²) < 4.78 is 28.0. The fraction of sp³-hybridized carbons (Fsp3) is 0.432. The molecular formula is C37H45FN6O4S2Si. The average Bonchev–Trinajstić information content (AvgIpc) is 3.70. The van der Waals surface area contributed by atoms with Gasteiger partial charge in [-0.25, -0.2) is 19.2 Å². The van der Waals surface area contributed by atoms with Crippen molar-refractivity contribution in [2.45, 2.75) is 84.4 Å². The van der Waals surface area contributed by atoms with Crippen molar-refractivity contribution in [2.24, 2.45) is 0 Å². The van der Waals surface area contributed by atoms with Crippen LogP contribution in [0.2, 0.25) is 18.1 Å². The van der Waals surface area contributed by atoms with Gasteiger partial charge < -0.3 is 24.5 Å². The van der Waals surface area contributed by atoms with E-state index in [1.54, 1.807) is 17.4 Å². The van der Waals surface area contributed by atoms with Crippen molar-refractivity contribution < 1.29 is 23.5 Å². The van der Waals surface area contributed by atoms with E-state index in [1.807, 2.05) is 42.2 Å². The number of hydrogen-bond acceptors (Lipinski definition) is 11. The Bertz CT molecular complexity index is 2000. The molecule has 6 rings (SSSR count). The van der Waals surface area contributed by atoms with Crippen LogP contribution in [-0.2, 0) is 23.7 Å². The molecule has 0 saturated heterocycles. The van der Waals surface area contributed by atoms with Gasteiger partial charge in [-0.2, -0.15) is 0 Å². The maximum atomic E-state index is 14.9. The standard InChI is InChI=1S/C37H45FN6O4S2Si/c1-23-25-13-9-19-44(33(25)43-42-32(23)41-35-39-27-14-7-8-15-29(27)49-35)36-40-31(34(45)46)30(50-36)16-11-20-47-28-18-17-24(22-26(28)38)12-10-21-48-51(5,6)37(2,3)4/h7-8,14-15,17-18,22H,9-13,16,19-21H2,1-6H3,(H,45,46)(H,39,41,42). The Morgan fingerprint density at radius 1 is 1.06 bits per heavy atom. The summed E-state index contributed by atoms with van der Waals surface area (Å²) in [4.78, 5) is 24.0. The van der Waals surface area contributed by atoms with E-state index in [9.17, 15) is 14.3 Å². The lowest BCUT2D eigenvalue weighted by atomic mass is 10.0. The van der Waals surface area contributed by atoms with Gasteiger partial charge in [-0.05, 0) is 93.4 Å². The molecule has 0 radical (unpaired) electrons. The van der Waals surface area contributed by atoms with E-state index in [1.165, 1.54) is 17.4 Å². The van der Waals surface area contributed by atoms with Gasteiger partial charge in [0.05, 0.1) is 16.8 Å². The molecule has 2 aromatic carbocycles. The number of carboxylic acids is 1. The molecule has 4 heterocycles. The second kappa shape index (κ2) is 15.3. The van der Waals surface area contributed by atoms with Gasteiger partial charge in [0, 0.05) is 29.2 Å². The Morgan fingerprint density at radius 2 is 1.84 bits per heavy atom. The third-order valence-corrected chi connectivity index (χ3v) is 16.3. The number of carbonyl (C=O) groups is 1. The lowest BCUT2D eigenvalue weighted by Gasteiger charge is -2.36. The second-order valence-corrected chi connectivity index (χ2v) is 21.2. The van der Waals surface area contributed by atoms with E-state index in [4.69, 9.17) is 9.16 Å². The predicted molar refractivity (Wildman–Crippen MR) is 206 cm³/mol. The molecule has 3 aromatic heterocycles. The lowest BCUT2D eigenvalue weighted by Crippen LogP contribution is -2.41. The first-order valence-electron chi connectivity index (χ1n) is 17.3. The molecule has 0 atom stereocenters. The number of carboxylic acid groups (broad SMARTS) is 1. The van der Waals surface area contributed by atoms with Crippen molar-refractivity contribution in [3.63, 3.8) is 0 Å². The van der Waals surface area contributed by atoms with E-state index in [-0.39, 0.29) is 23.1 Å². The van der Waals surface area contributed by atoms with Crippen molar-refractivity contribution in [3.05, 3.63) is 75.5 Å². The van der Waals surface area contributed by atoms with Crippen LogP contribution in [0.4, 0.5) is 26.3 Å². The zero-order valence-electron chi connectivity index (χ0n) is 30.0. The Kier molecular flexibility index (Phi) is 11.1. The van der Waals surface area contributed by atoms with Crippen LogP contribution >= 0.6 is 22.7 Å². The molecule has 0 spiro atoms. The molecule has 0 bridgehead atoms. The van der Waals surface area contributed by atoms with E-state index < -0.39 is 20.1 Å². The van der Waals surface area contributed by atoms with E-state index in [2.05, 4.69) is 59.3 Å². The Hall–Kier alpha value is -3.98. The molecule has 5 aromatic rings. The third-order valence-electron chi connectivity index (χ3n) is 9.71. The van der Waals surface area contributed by atoms with Crippen LogP contribution < -0.4 is 15.0 Å². The highest BCUT2D eigenvalue weighted by Gasteiger charge is 2.36. The molecule has 0 aliphatic carbocycles. The number of aromatic carboxylic acids is 1. The molecule has 51 heavy (non-hydrogen) atoms. The Morgan fingerprint density at radius 3 is 2.59 bits per heavy atom. The first-order chi connectivity index (χ1) is 24.3. The number of nitrogens with zero attached hydrogens (tertiary/aromatic N) is 5. The number of thiazole rings is 2. The largest absolute Gasteiger partial charge is 0.491 e. The predicted octanol–water partition coefficient (Wildman–Crippen LogP) is 9.48. The number of aromatic nitrogens is 4. The first kappa shape index (κ1) is 36.8. The number of ether oxygens (including phenoxy) is 1. The minimum absolute atomic E-state index is 0.0222. The van der Waals surface area contributed by atoms with Gasteiger partial charge in [0.2, 0.25) is 0 Å². The molecule has 0 saturated carbocycles. The fourth-order valence-electron chi connectivity index (χ4n) is 5.75. The normalized spacial score (nSPS) is 13.4. The number of hydrogen-bond donors (Lipinski definition) is 2. The summed E-state index contributed by atoms with van der Waals surface area (Å²) in [5.41, 5.74) is 3.88.